The summed E-state index contributed by atoms with van der Waals surface area (Å²) in [6.07, 6.45) is 6.16. The van der Waals surface area contributed by atoms with Gasteiger partial charge in [-0.25, -0.2) is 23.4 Å². The molecule has 0 radical (unpaired) electrons. The summed E-state index contributed by atoms with van der Waals surface area (Å²) in [7, 11) is 0. The molecule has 2 aliphatic heterocycles. The monoisotopic (exact) mass is 602 g/mol. The maximum Gasteiger partial charge on any atom is 0.264 e. The highest BCUT2D eigenvalue weighted by Gasteiger charge is 2.31. The number of halogens is 3. The molecule has 0 spiro atoms. The predicted molar refractivity (Wildman–Crippen MR) is 156 cm³/mol. The molecule has 6 rings (SSSR count). The van der Waals surface area contributed by atoms with E-state index in [0.717, 1.165) is 38.1 Å². The highest BCUT2D eigenvalue weighted by atomic mass is 19.2. The molecular weight excluding hydrogens is 573 g/mol. The third-order valence-electron chi connectivity index (χ3n) is 8.02. The number of piperidine rings is 2. The van der Waals surface area contributed by atoms with E-state index in [1.165, 1.54) is 30.6 Å². The average molecular weight is 603 g/mol. The van der Waals surface area contributed by atoms with Crippen molar-refractivity contribution in [1.82, 2.24) is 30.0 Å². The van der Waals surface area contributed by atoms with Gasteiger partial charge in [-0.2, -0.15) is 14.8 Å². The van der Waals surface area contributed by atoms with Crippen LogP contribution < -0.4 is 15.8 Å². The quantitative estimate of drug-likeness (QED) is 0.235. The highest BCUT2D eigenvalue weighted by Crippen LogP contribution is 2.37. The van der Waals surface area contributed by atoms with Gasteiger partial charge in [-0.15, -0.1) is 0 Å². The number of aromatic nitrogens is 4. The Kier molecular flexibility index (Phi) is 8.17. The molecule has 0 aliphatic carbocycles. The van der Waals surface area contributed by atoms with Crippen molar-refractivity contribution in [1.29, 1.82) is 5.26 Å². The highest BCUT2D eigenvalue weighted by molar-refractivity contribution is 5.99. The second-order valence-electron chi connectivity index (χ2n) is 10.9. The van der Waals surface area contributed by atoms with Crippen LogP contribution in [0.4, 0.5) is 19.0 Å². The Morgan fingerprint density at radius 2 is 1.93 bits per heavy atom. The first-order valence-electron chi connectivity index (χ1n) is 14.4. The van der Waals surface area contributed by atoms with Crippen molar-refractivity contribution in [3.05, 3.63) is 71.8 Å². The zero-order valence-corrected chi connectivity index (χ0v) is 23.6. The van der Waals surface area contributed by atoms with Gasteiger partial charge in [0.25, 0.3) is 5.91 Å². The van der Waals surface area contributed by atoms with Crippen molar-refractivity contribution in [2.24, 2.45) is 5.92 Å². The van der Waals surface area contributed by atoms with Gasteiger partial charge >= 0.3 is 0 Å². The third-order valence-corrected chi connectivity index (χ3v) is 8.02. The van der Waals surface area contributed by atoms with Crippen molar-refractivity contribution in [2.75, 3.05) is 31.9 Å². The fourth-order valence-electron chi connectivity index (χ4n) is 5.79. The Hall–Kier alpha value is -4.96. The fraction of sp³-hybridized carbons (Fsp3) is 0.323. The van der Waals surface area contributed by atoms with E-state index >= 15 is 4.39 Å². The third kappa shape index (κ3) is 5.68. The number of carbonyl (C=O) groups is 1. The molecule has 13 heteroatoms. The van der Waals surface area contributed by atoms with Crippen LogP contribution in [0.15, 0.2) is 54.4 Å². The number of allylic oxidation sites excluding steroid dienone is 1. The van der Waals surface area contributed by atoms with Crippen molar-refractivity contribution >= 4 is 22.8 Å². The van der Waals surface area contributed by atoms with E-state index in [2.05, 4.69) is 21.4 Å². The molecule has 0 unspecified atom stereocenters. The number of hydrogen-bond acceptors (Lipinski definition) is 8. The molecule has 1 atom stereocenters. The molecule has 2 aromatic carbocycles. The van der Waals surface area contributed by atoms with E-state index in [4.69, 9.17) is 15.6 Å². The van der Waals surface area contributed by atoms with Crippen molar-refractivity contribution in [3.8, 4) is 28.8 Å². The summed E-state index contributed by atoms with van der Waals surface area (Å²) in [6, 6.07) is 9.11. The minimum atomic E-state index is -1.18. The number of fused-ring (bicyclic) bond motifs is 1. The van der Waals surface area contributed by atoms with E-state index < -0.39 is 17.5 Å². The summed E-state index contributed by atoms with van der Waals surface area (Å²) in [6.45, 7) is 2.47. The lowest BCUT2D eigenvalue weighted by atomic mass is 9.95. The number of carbonyl (C=O) groups excluding carboxylic acids is 1. The molecule has 2 saturated heterocycles. The summed E-state index contributed by atoms with van der Waals surface area (Å²) in [5, 5.41) is 18.1. The number of nitrogens with one attached hydrogen (secondary N) is 1. The Labute approximate surface area is 250 Å². The van der Waals surface area contributed by atoms with E-state index in [9.17, 15) is 18.8 Å². The Bertz CT molecular complexity index is 1790. The molecule has 0 saturated carbocycles. The molecule has 0 bridgehead atoms. The summed E-state index contributed by atoms with van der Waals surface area (Å²) in [4.78, 5) is 23.5. The van der Waals surface area contributed by atoms with Crippen LogP contribution in [-0.4, -0.2) is 56.7 Å². The zero-order chi connectivity index (χ0) is 30.8. The van der Waals surface area contributed by atoms with Crippen LogP contribution in [0.3, 0.4) is 0 Å². The second kappa shape index (κ2) is 12.3. The minimum Gasteiger partial charge on any atom is -0.454 e. The van der Waals surface area contributed by atoms with Gasteiger partial charge in [0.1, 0.15) is 41.0 Å². The Morgan fingerprint density at radius 1 is 1.11 bits per heavy atom. The van der Waals surface area contributed by atoms with Crippen LogP contribution in [0.5, 0.6) is 11.5 Å². The van der Waals surface area contributed by atoms with Crippen molar-refractivity contribution < 1.29 is 22.7 Å². The maximum atomic E-state index is 15.5. The first-order valence-corrected chi connectivity index (χ1v) is 14.4. The first kappa shape index (κ1) is 29.1. The summed E-state index contributed by atoms with van der Waals surface area (Å²) in [5.41, 5.74) is 7.00. The number of benzene rings is 2. The molecule has 1 amide bonds. The van der Waals surface area contributed by atoms with Gasteiger partial charge in [0.2, 0.25) is 5.82 Å². The van der Waals surface area contributed by atoms with Crippen molar-refractivity contribution in [3.63, 3.8) is 0 Å². The maximum absolute atomic E-state index is 15.5. The van der Waals surface area contributed by atoms with Crippen LogP contribution in [0.1, 0.15) is 31.7 Å². The zero-order valence-electron chi connectivity index (χ0n) is 23.6. The number of hydrogen-bond donors (Lipinski definition) is 2. The molecule has 44 heavy (non-hydrogen) atoms. The number of nitrogen functional groups attached to an aromatic ring is 1. The Balaban J connectivity index is 1.30. The molecular formula is C31H29F3N8O2. The lowest BCUT2D eigenvalue weighted by Crippen LogP contribution is -2.41. The number of ether oxygens (including phenoxy) is 1. The number of amides is 1. The van der Waals surface area contributed by atoms with E-state index in [1.807, 2.05) is 0 Å². The van der Waals surface area contributed by atoms with Gasteiger partial charge in [-0.1, -0.05) is 12.1 Å². The SMILES string of the molecule is N#C/C(=C\C1CCNCC1)C(=O)N1CCC[C@H](n2nc(-c3ccc(Oc4cccc(F)c4F)cc3F)c3c(N)ncnc32)C1. The van der Waals surface area contributed by atoms with Gasteiger partial charge in [0.15, 0.2) is 17.2 Å². The first-order chi connectivity index (χ1) is 21.3. The van der Waals surface area contributed by atoms with Gasteiger partial charge in [-0.05, 0) is 69.0 Å². The van der Waals surface area contributed by atoms with Crippen LogP contribution in [0.2, 0.25) is 0 Å². The van der Waals surface area contributed by atoms with Crippen LogP contribution in [0.25, 0.3) is 22.3 Å². The molecule has 4 aromatic rings. The number of rotatable bonds is 6. The van der Waals surface area contributed by atoms with Crippen LogP contribution >= 0.6 is 0 Å². The molecule has 4 heterocycles. The lowest BCUT2D eigenvalue weighted by Gasteiger charge is -2.33. The van der Waals surface area contributed by atoms with Gasteiger partial charge in [0, 0.05) is 24.7 Å². The normalized spacial score (nSPS) is 17.9. The number of nitriles is 1. The summed E-state index contributed by atoms with van der Waals surface area (Å²) in [5.74, 6) is -3.49. The predicted octanol–water partition coefficient (Wildman–Crippen LogP) is 4.90. The van der Waals surface area contributed by atoms with Crippen molar-refractivity contribution in [2.45, 2.75) is 31.7 Å². The standard InChI is InChI=1S/C31H29F3N8O2/c32-23-4-1-5-25(27(23)34)44-21-6-7-22(24(33)14-21)28-26-29(36)38-17-39-30(26)42(40-28)20-3-2-12-41(16-20)31(43)19(15-35)13-18-8-10-37-11-9-18/h1,4-7,13-14,17-18,20,37H,2-3,8-12,16H2,(H2,36,38,39)/b19-13+/t20-/m0/s1. The molecule has 2 aliphatic rings. The second-order valence-corrected chi connectivity index (χ2v) is 10.9. The number of nitrogens with zero attached hydrogens (tertiary/aromatic N) is 6. The summed E-state index contributed by atoms with van der Waals surface area (Å²) >= 11 is 0. The Morgan fingerprint density at radius 3 is 2.70 bits per heavy atom. The van der Waals surface area contributed by atoms with E-state index in [1.54, 1.807) is 15.7 Å². The lowest BCUT2D eigenvalue weighted by molar-refractivity contribution is -0.128. The van der Waals surface area contributed by atoms with Gasteiger partial charge < -0.3 is 20.7 Å². The van der Waals surface area contributed by atoms with E-state index in [0.29, 0.717) is 30.4 Å². The van der Waals surface area contributed by atoms with E-state index in [-0.39, 0.29) is 58.6 Å². The number of nitrogens with two attached hydrogens (primary N) is 1. The molecule has 3 N–H and O–H groups in total. The molecule has 10 nitrogen and oxygen atoms in total. The number of anilines is 1. The van der Waals surface area contributed by atoms with Gasteiger partial charge in [-0.3, -0.25) is 4.79 Å². The average Bonchev–Trinajstić information content (AvgIpc) is 3.43. The molecule has 2 aromatic heterocycles. The fourth-order valence-corrected chi connectivity index (χ4v) is 5.79. The molecule has 226 valence electrons. The number of likely N-dealkylation sites (tertiary alicyclic amines) is 1. The smallest absolute Gasteiger partial charge is 0.264 e. The topological polar surface area (TPSA) is 135 Å². The van der Waals surface area contributed by atoms with Gasteiger partial charge in [0.05, 0.1) is 11.4 Å². The summed E-state index contributed by atoms with van der Waals surface area (Å²) < 4.78 is 50.3. The molecule has 2 fully saturated rings. The largest absolute Gasteiger partial charge is 0.454 e. The van der Waals surface area contributed by atoms with Crippen LogP contribution in [-0.2, 0) is 4.79 Å². The minimum absolute atomic E-state index is 0.0454. The van der Waals surface area contributed by atoms with Crippen LogP contribution in [0, 0.1) is 34.7 Å².